The highest BCUT2D eigenvalue weighted by Gasteiger charge is 2.11. The smallest absolute Gasteiger partial charge is 0.320 e. The van der Waals surface area contributed by atoms with Crippen molar-refractivity contribution in [2.45, 2.75) is 6.54 Å². The van der Waals surface area contributed by atoms with E-state index < -0.39 is 11.8 Å². The van der Waals surface area contributed by atoms with Gasteiger partial charge in [0.05, 0.1) is 19.2 Å². The summed E-state index contributed by atoms with van der Waals surface area (Å²) >= 11 is 0. The minimum absolute atomic E-state index is 0.0668. The van der Waals surface area contributed by atoms with Crippen molar-refractivity contribution in [1.29, 1.82) is 5.41 Å². The molecule has 8 nitrogen and oxygen atoms in total. The van der Waals surface area contributed by atoms with Gasteiger partial charge in [-0.05, 0) is 12.1 Å². The molecular formula is C15H17FN6O2. The number of ether oxygens (including phenoxy) is 1. The van der Waals surface area contributed by atoms with Crippen LogP contribution in [0.2, 0.25) is 0 Å². The number of carbonyl (C=O) groups excluding carboxylic acids is 1. The summed E-state index contributed by atoms with van der Waals surface area (Å²) in [5.41, 5.74) is 11.8. The van der Waals surface area contributed by atoms with Crippen molar-refractivity contribution in [2.24, 2.45) is 5.73 Å². The molecule has 0 aliphatic heterocycles. The number of urea groups is 1. The van der Waals surface area contributed by atoms with Gasteiger partial charge in [-0.3, -0.25) is 10.7 Å². The van der Waals surface area contributed by atoms with Gasteiger partial charge in [0.2, 0.25) is 0 Å². The topological polar surface area (TPSA) is 139 Å². The lowest BCUT2D eigenvalue weighted by atomic mass is 10.2. The third-order valence-electron chi connectivity index (χ3n) is 3.19. The number of carbonyl (C=O) groups is 1. The number of rotatable bonds is 5. The predicted octanol–water partition coefficient (Wildman–Crippen LogP) is 1.42. The molecule has 0 saturated carbocycles. The first kappa shape index (κ1) is 17.0. The number of amidine groups is 1. The van der Waals surface area contributed by atoms with Crippen molar-refractivity contribution in [3.8, 4) is 5.75 Å². The first-order valence-corrected chi connectivity index (χ1v) is 6.88. The largest absolute Gasteiger partial charge is 0.496 e. The molecule has 2 rings (SSSR count). The number of nitrogens with one attached hydrogen (secondary N) is 3. The molecule has 0 radical (unpaired) electrons. The molecule has 0 aliphatic carbocycles. The fraction of sp³-hybridized carbons (Fsp3) is 0.133. The molecule has 126 valence electrons. The van der Waals surface area contributed by atoms with Crippen LogP contribution < -0.4 is 26.8 Å². The number of pyridine rings is 1. The SMILES string of the molecule is COc1cccc(F)c1CNC(=O)Nc1cc(N)c(C(=N)N)cn1. The molecule has 0 saturated heterocycles. The van der Waals surface area contributed by atoms with E-state index in [1.54, 1.807) is 6.07 Å². The van der Waals surface area contributed by atoms with Crippen LogP contribution in [0.3, 0.4) is 0 Å². The molecule has 0 unspecified atom stereocenters. The zero-order valence-corrected chi connectivity index (χ0v) is 12.9. The molecule has 0 aliphatic rings. The lowest BCUT2D eigenvalue weighted by Gasteiger charge is -2.12. The van der Waals surface area contributed by atoms with Gasteiger partial charge in [0.1, 0.15) is 23.2 Å². The van der Waals surface area contributed by atoms with Gasteiger partial charge >= 0.3 is 6.03 Å². The Bertz CT molecular complexity index is 781. The summed E-state index contributed by atoms with van der Waals surface area (Å²) in [6.45, 7) is -0.0668. The second kappa shape index (κ2) is 7.27. The number of anilines is 2. The summed E-state index contributed by atoms with van der Waals surface area (Å²) in [5, 5.41) is 12.3. The molecule has 0 spiro atoms. The lowest BCUT2D eigenvalue weighted by molar-refractivity contribution is 0.251. The van der Waals surface area contributed by atoms with E-state index in [9.17, 15) is 9.18 Å². The molecule has 1 heterocycles. The monoisotopic (exact) mass is 332 g/mol. The Labute approximate surface area is 137 Å². The predicted molar refractivity (Wildman–Crippen MR) is 88.5 cm³/mol. The highest BCUT2D eigenvalue weighted by Crippen LogP contribution is 2.20. The summed E-state index contributed by atoms with van der Waals surface area (Å²) in [6.07, 6.45) is 1.28. The maximum Gasteiger partial charge on any atom is 0.320 e. The fourth-order valence-electron chi connectivity index (χ4n) is 2.00. The number of hydrogen-bond donors (Lipinski definition) is 5. The number of hydrogen-bond acceptors (Lipinski definition) is 5. The summed E-state index contributed by atoms with van der Waals surface area (Å²) in [5.74, 6) is -0.190. The molecule has 7 N–H and O–H groups in total. The Morgan fingerprint density at radius 3 is 2.83 bits per heavy atom. The number of nitrogens with two attached hydrogens (primary N) is 2. The molecular weight excluding hydrogens is 315 g/mol. The second-order valence-corrected chi connectivity index (χ2v) is 4.80. The molecule has 2 aromatic rings. The van der Waals surface area contributed by atoms with E-state index in [-0.39, 0.29) is 35.0 Å². The van der Waals surface area contributed by atoms with Crippen LogP contribution >= 0.6 is 0 Å². The van der Waals surface area contributed by atoms with Gasteiger partial charge in [-0.2, -0.15) is 0 Å². The first-order valence-electron chi connectivity index (χ1n) is 6.88. The summed E-state index contributed by atoms with van der Waals surface area (Å²) in [4.78, 5) is 15.8. The van der Waals surface area contributed by atoms with Gasteiger partial charge < -0.3 is 21.5 Å². The number of halogens is 1. The van der Waals surface area contributed by atoms with E-state index >= 15 is 0 Å². The minimum atomic E-state index is -0.595. The third-order valence-corrected chi connectivity index (χ3v) is 3.19. The van der Waals surface area contributed by atoms with Gasteiger partial charge in [0.25, 0.3) is 0 Å². The number of nitrogen functional groups attached to an aromatic ring is 2. The number of aromatic nitrogens is 1. The standard InChI is InChI=1S/C15H17FN6O2/c1-24-12-4-2-3-10(16)8(12)6-21-15(23)22-13-5-11(17)9(7-20-13)14(18)19/h2-5,7H,6H2,1H3,(H3,18,19)(H4,17,20,21,22,23). The Morgan fingerprint density at radius 2 is 2.21 bits per heavy atom. The Kier molecular flexibility index (Phi) is 5.15. The molecule has 0 fully saturated rings. The average Bonchev–Trinajstić information content (AvgIpc) is 2.53. The van der Waals surface area contributed by atoms with Crippen LogP contribution in [0.5, 0.6) is 5.75 Å². The van der Waals surface area contributed by atoms with E-state index in [1.165, 1.54) is 31.5 Å². The van der Waals surface area contributed by atoms with E-state index in [0.717, 1.165) is 0 Å². The van der Waals surface area contributed by atoms with E-state index in [4.69, 9.17) is 21.6 Å². The summed E-state index contributed by atoms with van der Waals surface area (Å²) < 4.78 is 18.8. The zero-order valence-electron chi connectivity index (χ0n) is 12.9. The van der Waals surface area contributed by atoms with E-state index in [1.807, 2.05) is 0 Å². The molecule has 24 heavy (non-hydrogen) atoms. The molecule has 2 amide bonds. The Balaban J connectivity index is 2.02. The van der Waals surface area contributed by atoms with Crippen molar-refractivity contribution in [1.82, 2.24) is 10.3 Å². The van der Waals surface area contributed by atoms with Gasteiger partial charge in [-0.15, -0.1) is 0 Å². The number of amides is 2. The molecule has 9 heteroatoms. The van der Waals surface area contributed by atoms with Gasteiger partial charge in [-0.25, -0.2) is 14.2 Å². The van der Waals surface area contributed by atoms with Crippen LogP contribution in [-0.2, 0) is 6.54 Å². The Hall–Kier alpha value is -3.36. The highest BCUT2D eigenvalue weighted by atomic mass is 19.1. The summed E-state index contributed by atoms with van der Waals surface area (Å²) in [6, 6.07) is 5.17. The molecule has 1 aromatic carbocycles. The molecule has 0 atom stereocenters. The molecule has 1 aromatic heterocycles. The zero-order chi connectivity index (χ0) is 17.7. The van der Waals surface area contributed by atoms with Crippen molar-refractivity contribution < 1.29 is 13.9 Å². The van der Waals surface area contributed by atoms with Gasteiger partial charge in [0.15, 0.2) is 0 Å². The van der Waals surface area contributed by atoms with E-state index in [2.05, 4.69) is 15.6 Å². The van der Waals surface area contributed by atoms with Crippen LogP contribution in [0.4, 0.5) is 20.7 Å². The van der Waals surface area contributed by atoms with E-state index in [0.29, 0.717) is 5.75 Å². The number of benzene rings is 1. The van der Waals surface area contributed by atoms with Crippen LogP contribution in [0.15, 0.2) is 30.5 Å². The fourth-order valence-corrected chi connectivity index (χ4v) is 2.00. The quantitative estimate of drug-likeness (QED) is 0.416. The van der Waals surface area contributed by atoms with Crippen molar-refractivity contribution >= 4 is 23.4 Å². The van der Waals surface area contributed by atoms with Crippen LogP contribution in [0.1, 0.15) is 11.1 Å². The highest BCUT2D eigenvalue weighted by molar-refractivity contribution is 6.00. The van der Waals surface area contributed by atoms with Gasteiger partial charge in [-0.1, -0.05) is 6.07 Å². The number of nitrogens with zero attached hydrogens (tertiary/aromatic N) is 1. The normalized spacial score (nSPS) is 10.1. The number of methoxy groups -OCH3 is 1. The third kappa shape index (κ3) is 3.88. The Morgan fingerprint density at radius 1 is 1.46 bits per heavy atom. The summed E-state index contributed by atoms with van der Waals surface area (Å²) in [7, 11) is 1.42. The van der Waals surface area contributed by atoms with Crippen molar-refractivity contribution in [3.05, 3.63) is 47.4 Å². The first-order chi connectivity index (χ1) is 11.4. The lowest BCUT2D eigenvalue weighted by Crippen LogP contribution is -2.29. The van der Waals surface area contributed by atoms with Crippen LogP contribution in [0.25, 0.3) is 0 Å². The van der Waals surface area contributed by atoms with Gasteiger partial charge in [0, 0.05) is 23.5 Å². The molecule has 0 bridgehead atoms. The average molecular weight is 332 g/mol. The maximum absolute atomic E-state index is 13.8. The minimum Gasteiger partial charge on any atom is -0.496 e. The second-order valence-electron chi connectivity index (χ2n) is 4.80. The van der Waals surface area contributed by atoms with Crippen molar-refractivity contribution in [3.63, 3.8) is 0 Å². The van der Waals surface area contributed by atoms with Crippen molar-refractivity contribution in [2.75, 3.05) is 18.2 Å². The van der Waals surface area contributed by atoms with Crippen LogP contribution in [-0.4, -0.2) is 24.0 Å². The van der Waals surface area contributed by atoms with Crippen LogP contribution in [0, 0.1) is 11.2 Å². The maximum atomic E-state index is 13.8.